The standard InChI is InChI=1S/C26H22N4/c1-17-5-9-23(27-13-17)25-21(11-19(3)15-29-25)7-8-22-12-20(4)16-30-26(22)24-10-6-18(2)14-28-24/h5-6,9-16H,1-4H3. The smallest absolute Gasteiger partial charge is 0.104 e. The molecule has 0 N–H and O–H groups in total. The summed E-state index contributed by atoms with van der Waals surface area (Å²) in [5.41, 5.74) is 9.20. The molecule has 0 aliphatic heterocycles. The van der Waals surface area contributed by atoms with Crippen molar-refractivity contribution >= 4 is 0 Å². The molecule has 0 aliphatic rings. The van der Waals surface area contributed by atoms with Crippen molar-refractivity contribution in [2.24, 2.45) is 0 Å². The molecule has 0 spiro atoms. The highest BCUT2D eigenvalue weighted by Gasteiger charge is 2.09. The highest BCUT2D eigenvalue weighted by Crippen LogP contribution is 2.22. The fourth-order valence-corrected chi connectivity index (χ4v) is 3.09. The molecule has 0 fully saturated rings. The van der Waals surface area contributed by atoms with Crippen LogP contribution in [0.4, 0.5) is 0 Å². The van der Waals surface area contributed by atoms with E-state index in [2.05, 4.69) is 31.8 Å². The van der Waals surface area contributed by atoms with E-state index in [1.165, 1.54) is 0 Å². The van der Waals surface area contributed by atoms with Gasteiger partial charge in [-0.25, -0.2) is 0 Å². The van der Waals surface area contributed by atoms with Crippen LogP contribution < -0.4 is 0 Å². The fourth-order valence-electron chi connectivity index (χ4n) is 3.09. The van der Waals surface area contributed by atoms with Crippen LogP contribution in [-0.2, 0) is 0 Å². The van der Waals surface area contributed by atoms with Crippen molar-refractivity contribution < 1.29 is 0 Å². The van der Waals surface area contributed by atoms with Gasteiger partial charge in [0.2, 0.25) is 0 Å². The van der Waals surface area contributed by atoms with Gasteiger partial charge in [-0.15, -0.1) is 0 Å². The number of nitrogens with zero attached hydrogens (tertiary/aromatic N) is 4. The Bertz CT molecular complexity index is 1160. The Balaban J connectivity index is 1.81. The van der Waals surface area contributed by atoms with Crippen molar-refractivity contribution in [1.29, 1.82) is 0 Å². The van der Waals surface area contributed by atoms with Crippen molar-refractivity contribution in [3.63, 3.8) is 0 Å². The molecule has 4 rings (SSSR count). The third kappa shape index (κ3) is 4.26. The maximum Gasteiger partial charge on any atom is 0.104 e. The average Bonchev–Trinajstić information content (AvgIpc) is 2.74. The van der Waals surface area contributed by atoms with E-state index < -0.39 is 0 Å². The van der Waals surface area contributed by atoms with E-state index in [-0.39, 0.29) is 0 Å². The average molecular weight is 390 g/mol. The molecule has 0 saturated heterocycles. The van der Waals surface area contributed by atoms with Crippen LogP contribution in [0.1, 0.15) is 33.4 Å². The lowest BCUT2D eigenvalue weighted by molar-refractivity contribution is 1.19. The molecule has 0 radical (unpaired) electrons. The number of aryl methyl sites for hydroxylation is 4. The number of hydrogen-bond donors (Lipinski definition) is 0. The van der Waals surface area contributed by atoms with Crippen LogP contribution in [0.15, 0.2) is 61.2 Å². The van der Waals surface area contributed by atoms with Crippen LogP contribution in [0.25, 0.3) is 22.8 Å². The van der Waals surface area contributed by atoms with E-state index in [1.807, 2.05) is 88.9 Å². The Morgan fingerprint density at radius 1 is 0.500 bits per heavy atom. The van der Waals surface area contributed by atoms with E-state index in [0.29, 0.717) is 0 Å². The molecule has 4 nitrogen and oxygen atoms in total. The molecule has 0 aromatic carbocycles. The lowest BCUT2D eigenvalue weighted by Crippen LogP contribution is -1.95. The number of rotatable bonds is 2. The van der Waals surface area contributed by atoms with Crippen molar-refractivity contribution in [2.75, 3.05) is 0 Å². The summed E-state index contributed by atoms with van der Waals surface area (Å²) in [7, 11) is 0. The number of aromatic nitrogens is 4. The van der Waals surface area contributed by atoms with Crippen LogP contribution in [0.3, 0.4) is 0 Å². The van der Waals surface area contributed by atoms with Gasteiger partial charge in [0.1, 0.15) is 11.4 Å². The van der Waals surface area contributed by atoms with Gasteiger partial charge in [-0.2, -0.15) is 0 Å². The Morgan fingerprint density at radius 2 is 0.900 bits per heavy atom. The quantitative estimate of drug-likeness (QED) is 0.440. The molecule has 0 unspecified atom stereocenters. The zero-order chi connectivity index (χ0) is 21.1. The molecule has 4 aromatic heterocycles. The largest absolute Gasteiger partial charge is 0.254 e. The Kier molecular flexibility index (Phi) is 5.36. The highest BCUT2D eigenvalue weighted by atomic mass is 14.8. The molecule has 4 heteroatoms. The second kappa shape index (κ2) is 8.26. The van der Waals surface area contributed by atoms with Crippen LogP contribution in [0.2, 0.25) is 0 Å². The number of hydrogen-bond acceptors (Lipinski definition) is 4. The summed E-state index contributed by atoms with van der Waals surface area (Å²) < 4.78 is 0. The topological polar surface area (TPSA) is 51.6 Å². The second-order valence-electron chi connectivity index (χ2n) is 7.51. The van der Waals surface area contributed by atoms with E-state index in [9.17, 15) is 0 Å². The SMILES string of the molecule is Cc1ccc(-c2ncc(C)cc2C#Cc2cc(C)cnc2-c2ccc(C)cn2)nc1. The maximum absolute atomic E-state index is 4.61. The first-order valence-electron chi connectivity index (χ1n) is 9.81. The summed E-state index contributed by atoms with van der Waals surface area (Å²) in [4.78, 5) is 18.3. The zero-order valence-electron chi connectivity index (χ0n) is 17.6. The first kappa shape index (κ1) is 19.5. The molecule has 0 amide bonds. The molecular weight excluding hydrogens is 368 g/mol. The molecule has 30 heavy (non-hydrogen) atoms. The van der Waals surface area contributed by atoms with Crippen LogP contribution in [0.5, 0.6) is 0 Å². The molecule has 146 valence electrons. The summed E-state index contributed by atoms with van der Waals surface area (Å²) in [5, 5.41) is 0. The van der Waals surface area contributed by atoms with Gasteiger partial charge >= 0.3 is 0 Å². The zero-order valence-corrected chi connectivity index (χ0v) is 17.6. The van der Waals surface area contributed by atoms with Gasteiger partial charge in [0.25, 0.3) is 0 Å². The van der Waals surface area contributed by atoms with E-state index in [4.69, 9.17) is 0 Å². The predicted octanol–water partition coefficient (Wildman–Crippen LogP) is 5.23. The molecule has 0 aliphatic carbocycles. The van der Waals surface area contributed by atoms with Gasteiger partial charge in [-0.3, -0.25) is 19.9 Å². The Labute approximate surface area is 177 Å². The van der Waals surface area contributed by atoms with Gasteiger partial charge < -0.3 is 0 Å². The van der Waals surface area contributed by atoms with Gasteiger partial charge in [0, 0.05) is 24.8 Å². The van der Waals surface area contributed by atoms with E-state index in [1.54, 1.807) is 0 Å². The van der Waals surface area contributed by atoms with Gasteiger partial charge in [0.15, 0.2) is 0 Å². The van der Waals surface area contributed by atoms with Gasteiger partial charge in [-0.1, -0.05) is 24.0 Å². The summed E-state index contributed by atoms with van der Waals surface area (Å²) in [6, 6.07) is 12.1. The fraction of sp³-hybridized carbons (Fsp3) is 0.154. The van der Waals surface area contributed by atoms with Crippen molar-refractivity contribution in [3.8, 4) is 34.6 Å². The second-order valence-corrected chi connectivity index (χ2v) is 7.51. The third-order valence-corrected chi connectivity index (χ3v) is 4.69. The monoisotopic (exact) mass is 390 g/mol. The molecule has 0 saturated carbocycles. The minimum Gasteiger partial charge on any atom is -0.254 e. The summed E-state index contributed by atoms with van der Waals surface area (Å²) in [6.45, 7) is 8.07. The summed E-state index contributed by atoms with van der Waals surface area (Å²) in [5.74, 6) is 6.62. The van der Waals surface area contributed by atoms with Crippen LogP contribution in [-0.4, -0.2) is 19.9 Å². The Hall–Kier alpha value is -3.84. The van der Waals surface area contributed by atoms with Crippen molar-refractivity contribution in [2.45, 2.75) is 27.7 Å². The molecule has 4 heterocycles. The van der Waals surface area contributed by atoms with Crippen molar-refractivity contribution in [1.82, 2.24) is 19.9 Å². The first-order valence-corrected chi connectivity index (χ1v) is 9.81. The van der Waals surface area contributed by atoms with E-state index >= 15 is 0 Å². The first-order chi connectivity index (χ1) is 14.5. The third-order valence-electron chi connectivity index (χ3n) is 4.69. The highest BCUT2D eigenvalue weighted by molar-refractivity contribution is 5.68. The predicted molar refractivity (Wildman–Crippen MR) is 120 cm³/mol. The lowest BCUT2D eigenvalue weighted by atomic mass is 10.1. The Morgan fingerprint density at radius 3 is 1.27 bits per heavy atom. The van der Waals surface area contributed by atoms with Crippen LogP contribution >= 0.6 is 0 Å². The minimum atomic E-state index is 0.781. The van der Waals surface area contributed by atoms with Gasteiger partial charge in [0.05, 0.1) is 22.5 Å². The molecular formula is C26H22N4. The van der Waals surface area contributed by atoms with Gasteiger partial charge in [-0.05, 0) is 74.2 Å². The normalized spacial score (nSPS) is 10.4. The maximum atomic E-state index is 4.61. The number of pyridine rings is 4. The van der Waals surface area contributed by atoms with Crippen molar-refractivity contribution in [3.05, 3.63) is 94.6 Å². The minimum absolute atomic E-state index is 0.781. The van der Waals surface area contributed by atoms with Crippen LogP contribution in [0, 0.1) is 39.5 Å². The van der Waals surface area contributed by atoms with E-state index in [0.717, 1.165) is 56.2 Å². The molecule has 0 atom stereocenters. The molecule has 0 bridgehead atoms. The summed E-state index contributed by atoms with van der Waals surface area (Å²) >= 11 is 0. The molecule has 4 aromatic rings. The lowest BCUT2D eigenvalue weighted by Gasteiger charge is -2.06. The summed E-state index contributed by atoms with van der Waals surface area (Å²) in [6.07, 6.45) is 7.38.